The molecule has 0 saturated heterocycles. The van der Waals surface area contributed by atoms with Gasteiger partial charge in [-0.25, -0.2) is 0 Å². The molecule has 84 valence electrons. The fraction of sp³-hybridized carbons (Fsp3) is 0.133. The van der Waals surface area contributed by atoms with Crippen molar-refractivity contribution in [1.82, 2.24) is 0 Å². The summed E-state index contributed by atoms with van der Waals surface area (Å²) in [7, 11) is 0. The van der Waals surface area contributed by atoms with Crippen LogP contribution in [0.15, 0.2) is 42.5 Å². The van der Waals surface area contributed by atoms with Crippen LogP contribution in [0.5, 0.6) is 0 Å². The predicted octanol–water partition coefficient (Wildman–Crippen LogP) is 3.13. The average molecular weight is 223 g/mol. The molecule has 0 radical (unpaired) electrons. The van der Waals surface area contributed by atoms with Crippen molar-refractivity contribution in [2.75, 3.05) is 11.9 Å². The number of benzene rings is 2. The lowest BCUT2D eigenvalue weighted by molar-refractivity contribution is 0.112. The average Bonchev–Trinajstić information content (AvgIpc) is 2.86. The third-order valence-corrected chi connectivity index (χ3v) is 3.18. The standard InChI is InChI=1S/C15H13NO/c17-10-11-8-14(12-4-2-1-3-5-12)13-6-7-16-15(13)9-11/h1-5,8-10,16H,6-7H2. The van der Waals surface area contributed by atoms with Gasteiger partial charge in [-0.1, -0.05) is 30.3 Å². The lowest BCUT2D eigenvalue weighted by atomic mass is 9.96. The van der Waals surface area contributed by atoms with Crippen molar-refractivity contribution in [3.63, 3.8) is 0 Å². The van der Waals surface area contributed by atoms with E-state index in [9.17, 15) is 4.79 Å². The van der Waals surface area contributed by atoms with Gasteiger partial charge in [0.05, 0.1) is 0 Å². The molecule has 0 unspecified atom stereocenters. The van der Waals surface area contributed by atoms with E-state index in [2.05, 4.69) is 17.4 Å². The third kappa shape index (κ3) is 1.72. The van der Waals surface area contributed by atoms with Gasteiger partial charge in [0.1, 0.15) is 6.29 Å². The van der Waals surface area contributed by atoms with Crippen LogP contribution in [0.4, 0.5) is 5.69 Å². The molecule has 2 aromatic carbocycles. The number of carbonyl (C=O) groups excluding carboxylic acids is 1. The van der Waals surface area contributed by atoms with Gasteiger partial charge in [-0.05, 0) is 35.2 Å². The molecule has 0 fully saturated rings. The Labute approximate surface area is 100 Å². The highest BCUT2D eigenvalue weighted by atomic mass is 16.1. The predicted molar refractivity (Wildman–Crippen MR) is 69.5 cm³/mol. The second-order valence-corrected chi connectivity index (χ2v) is 4.26. The maximum atomic E-state index is 11.0. The van der Waals surface area contributed by atoms with Crippen molar-refractivity contribution in [3.8, 4) is 11.1 Å². The number of fused-ring (bicyclic) bond motifs is 1. The quantitative estimate of drug-likeness (QED) is 0.792. The Morgan fingerprint density at radius 1 is 1.12 bits per heavy atom. The number of hydrogen-bond acceptors (Lipinski definition) is 2. The van der Waals surface area contributed by atoms with Crippen molar-refractivity contribution in [2.24, 2.45) is 0 Å². The van der Waals surface area contributed by atoms with Gasteiger partial charge >= 0.3 is 0 Å². The maximum absolute atomic E-state index is 11.0. The number of carbonyl (C=O) groups is 1. The minimum absolute atomic E-state index is 0.733. The summed E-state index contributed by atoms with van der Waals surface area (Å²) in [6.45, 7) is 0.956. The zero-order valence-corrected chi connectivity index (χ0v) is 9.44. The highest BCUT2D eigenvalue weighted by molar-refractivity contribution is 5.85. The summed E-state index contributed by atoms with van der Waals surface area (Å²) in [6, 6.07) is 14.1. The molecule has 2 heteroatoms. The van der Waals surface area contributed by atoms with E-state index in [0.717, 1.165) is 30.5 Å². The fourth-order valence-electron chi connectivity index (χ4n) is 2.39. The third-order valence-electron chi connectivity index (χ3n) is 3.18. The Morgan fingerprint density at radius 2 is 1.94 bits per heavy atom. The van der Waals surface area contributed by atoms with Crippen molar-refractivity contribution in [3.05, 3.63) is 53.6 Å². The summed E-state index contributed by atoms with van der Waals surface area (Å²) < 4.78 is 0. The maximum Gasteiger partial charge on any atom is 0.150 e. The van der Waals surface area contributed by atoms with Gasteiger partial charge in [-0.3, -0.25) is 4.79 Å². The van der Waals surface area contributed by atoms with Crippen LogP contribution in [0.3, 0.4) is 0 Å². The molecule has 0 aromatic heterocycles. The van der Waals surface area contributed by atoms with Crippen molar-refractivity contribution in [1.29, 1.82) is 0 Å². The van der Waals surface area contributed by atoms with E-state index < -0.39 is 0 Å². The van der Waals surface area contributed by atoms with E-state index in [1.165, 1.54) is 16.7 Å². The molecule has 0 spiro atoms. The number of rotatable bonds is 2. The number of hydrogen-bond donors (Lipinski definition) is 1. The van der Waals surface area contributed by atoms with Crippen LogP contribution in [-0.2, 0) is 6.42 Å². The molecular weight excluding hydrogens is 210 g/mol. The molecule has 2 nitrogen and oxygen atoms in total. The van der Waals surface area contributed by atoms with E-state index in [0.29, 0.717) is 0 Å². The normalized spacial score (nSPS) is 12.9. The van der Waals surface area contributed by atoms with Crippen LogP contribution in [0.2, 0.25) is 0 Å². The molecule has 3 rings (SSSR count). The summed E-state index contributed by atoms with van der Waals surface area (Å²) in [5.41, 5.74) is 5.51. The SMILES string of the molecule is O=Cc1cc2c(c(-c3ccccc3)c1)CCN2. The minimum atomic E-state index is 0.733. The number of nitrogens with one attached hydrogen (secondary N) is 1. The Balaban J connectivity index is 2.22. The summed E-state index contributed by atoms with van der Waals surface area (Å²) >= 11 is 0. The van der Waals surface area contributed by atoms with Gasteiger partial charge in [0, 0.05) is 17.8 Å². The first-order valence-electron chi connectivity index (χ1n) is 5.80. The van der Waals surface area contributed by atoms with Crippen LogP contribution in [-0.4, -0.2) is 12.8 Å². The van der Waals surface area contributed by atoms with E-state index in [-0.39, 0.29) is 0 Å². The molecule has 0 saturated carbocycles. The van der Waals surface area contributed by atoms with E-state index in [1.807, 2.05) is 30.3 Å². The Kier molecular flexibility index (Phi) is 2.41. The highest BCUT2D eigenvalue weighted by Gasteiger charge is 2.16. The second kappa shape index (κ2) is 4.06. The van der Waals surface area contributed by atoms with Crippen LogP contribution in [0, 0.1) is 0 Å². The molecule has 1 heterocycles. The molecule has 0 bridgehead atoms. The van der Waals surface area contributed by atoms with Crippen LogP contribution in [0.1, 0.15) is 15.9 Å². The highest BCUT2D eigenvalue weighted by Crippen LogP contribution is 2.33. The molecule has 1 N–H and O–H groups in total. The van der Waals surface area contributed by atoms with E-state index >= 15 is 0 Å². The van der Waals surface area contributed by atoms with Gasteiger partial charge in [0.25, 0.3) is 0 Å². The van der Waals surface area contributed by atoms with Gasteiger partial charge in [-0.2, -0.15) is 0 Å². The first-order valence-corrected chi connectivity index (χ1v) is 5.80. The summed E-state index contributed by atoms with van der Waals surface area (Å²) in [5.74, 6) is 0. The summed E-state index contributed by atoms with van der Waals surface area (Å²) in [5, 5.41) is 3.33. The van der Waals surface area contributed by atoms with Crippen LogP contribution >= 0.6 is 0 Å². The van der Waals surface area contributed by atoms with Gasteiger partial charge in [0.15, 0.2) is 0 Å². The zero-order valence-electron chi connectivity index (χ0n) is 9.44. The number of aldehydes is 1. The smallest absolute Gasteiger partial charge is 0.150 e. The fourth-order valence-corrected chi connectivity index (χ4v) is 2.39. The molecule has 0 atom stereocenters. The Morgan fingerprint density at radius 3 is 2.71 bits per heavy atom. The van der Waals surface area contributed by atoms with Gasteiger partial charge in [0.2, 0.25) is 0 Å². The zero-order chi connectivity index (χ0) is 11.7. The van der Waals surface area contributed by atoms with Gasteiger partial charge < -0.3 is 5.32 Å². The second-order valence-electron chi connectivity index (χ2n) is 4.26. The van der Waals surface area contributed by atoms with Crippen LogP contribution < -0.4 is 5.32 Å². The van der Waals surface area contributed by atoms with Crippen molar-refractivity contribution >= 4 is 12.0 Å². The topological polar surface area (TPSA) is 29.1 Å². The molecule has 1 aliphatic rings. The van der Waals surface area contributed by atoms with Crippen LogP contribution in [0.25, 0.3) is 11.1 Å². The van der Waals surface area contributed by atoms with Gasteiger partial charge in [-0.15, -0.1) is 0 Å². The molecule has 2 aromatic rings. The molecule has 0 amide bonds. The monoisotopic (exact) mass is 223 g/mol. The van der Waals surface area contributed by atoms with Crippen molar-refractivity contribution in [2.45, 2.75) is 6.42 Å². The lowest BCUT2D eigenvalue weighted by Gasteiger charge is -2.09. The van der Waals surface area contributed by atoms with Crippen molar-refractivity contribution < 1.29 is 4.79 Å². The summed E-state index contributed by atoms with van der Waals surface area (Å²) in [4.78, 5) is 11.0. The minimum Gasteiger partial charge on any atom is -0.384 e. The largest absolute Gasteiger partial charge is 0.384 e. The summed E-state index contributed by atoms with van der Waals surface area (Å²) in [6.07, 6.45) is 1.94. The Hall–Kier alpha value is -2.09. The van der Waals surface area contributed by atoms with E-state index in [4.69, 9.17) is 0 Å². The molecular formula is C15H13NO. The number of anilines is 1. The first-order chi connectivity index (χ1) is 8.38. The lowest BCUT2D eigenvalue weighted by Crippen LogP contribution is -1.91. The molecule has 0 aliphatic carbocycles. The first kappa shape index (κ1) is 10.1. The van der Waals surface area contributed by atoms with E-state index in [1.54, 1.807) is 0 Å². The molecule has 17 heavy (non-hydrogen) atoms. The molecule has 1 aliphatic heterocycles. The Bertz CT molecular complexity index is 561.